The van der Waals surface area contributed by atoms with Gasteiger partial charge in [0.1, 0.15) is 5.15 Å². The van der Waals surface area contributed by atoms with Crippen LogP contribution in [-0.4, -0.2) is 24.1 Å². The topological polar surface area (TPSA) is 41.0 Å². The second kappa shape index (κ2) is 5.01. The minimum atomic E-state index is 0.375. The molecule has 1 heterocycles. The molecule has 4 nitrogen and oxygen atoms in total. The summed E-state index contributed by atoms with van der Waals surface area (Å²) >= 11 is 5.76. The number of anilines is 3. The molecule has 17 heavy (non-hydrogen) atoms. The van der Waals surface area contributed by atoms with Crippen LogP contribution in [0.4, 0.5) is 17.2 Å². The summed E-state index contributed by atoms with van der Waals surface area (Å²) in [6, 6.07) is 8.02. The van der Waals surface area contributed by atoms with Gasteiger partial charge in [-0.25, -0.2) is 4.98 Å². The SMILES string of the molecule is CN(C)c1ccc(Nc2cncc(Cl)n2)cc1. The van der Waals surface area contributed by atoms with E-state index in [-0.39, 0.29) is 0 Å². The van der Waals surface area contributed by atoms with Crippen LogP contribution in [0.2, 0.25) is 5.15 Å². The molecular formula is C12H13ClN4. The average Bonchev–Trinajstić information content (AvgIpc) is 2.29. The molecule has 0 saturated carbocycles. The maximum Gasteiger partial charge on any atom is 0.150 e. The predicted molar refractivity (Wildman–Crippen MR) is 71.1 cm³/mol. The number of hydrogen-bond acceptors (Lipinski definition) is 4. The number of rotatable bonds is 3. The third-order valence-corrected chi connectivity index (χ3v) is 2.44. The summed E-state index contributed by atoms with van der Waals surface area (Å²) in [6.07, 6.45) is 3.13. The third kappa shape index (κ3) is 3.07. The molecule has 0 amide bonds. The van der Waals surface area contributed by atoms with Crippen LogP contribution >= 0.6 is 11.6 Å². The van der Waals surface area contributed by atoms with Gasteiger partial charge in [0, 0.05) is 25.5 Å². The summed E-state index contributed by atoms with van der Waals surface area (Å²) in [5.74, 6) is 0.634. The molecule has 0 aliphatic heterocycles. The molecule has 0 bridgehead atoms. The Balaban J connectivity index is 2.14. The van der Waals surface area contributed by atoms with Gasteiger partial charge in [-0.15, -0.1) is 0 Å². The fraction of sp³-hybridized carbons (Fsp3) is 0.167. The van der Waals surface area contributed by atoms with E-state index < -0.39 is 0 Å². The standard InChI is InChI=1S/C12H13ClN4/c1-17(2)10-5-3-9(4-6-10)15-12-8-14-7-11(13)16-12/h3-8H,1-2H3,(H,15,16). The zero-order valence-electron chi connectivity index (χ0n) is 9.68. The Bertz CT molecular complexity index is 496. The molecule has 1 aromatic heterocycles. The van der Waals surface area contributed by atoms with Crippen molar-refractivity contribution < 1.29 is 0 Å². The van der Waals surface area contributed by atoms with Crippen LogP contribution in [0.15, 0.2) is 36.7 Å². The van der Waals surface area contributed by atoms with Gasteiger partial charge in [0.15, 0.2) is 5.82 Å². The zero-order chi connectivity index (χ0) is 12.3. The Hall–Kier alpha value is -1.81. The number of nitrogens with zero attached hydrogens (tertiary/aromatic N) is 3. The van der Waals surface area contributed by atoms with Gasteiger partial charge in [0.05, 0.1) is 12.4 Å². The van der Waals surface area contributed by atoms with E-state index in [2.05, 4.69) is 15.3 Å². The number of benzene rings is 1. The lowest BCUT2D eigenvalue weighted by Crippen LogP contribution is -2.08. The minimum Gasteiger partial charge on any atom is -0.378 e. The average molecular weight is 249 g/mol. The van der Waals surface area contributed by atoms with Crippen LogP contribution in [0.5, 0.6) is 0 Å². The van der Waals surface area contributed by atoms with E-state index in [0.717, 1.165) is 11.4 Å². The smallest absolute Gasteiger partial charge is 0.150 e. The first kappa shape index (κ1) is 11.7. The molecule has 0 unspecified atom stereocenters. The molecule has 0 fully saturated rings. The molecule has 0 aliphatic rings. The van der Waals surface area contributed by atoms with Crippen LogP contribution in [-0.2, 0) is 0 Å². The molecule has 1 aromatic carbocycles. The Kier molecular flexibility index (Phi) is 3.44. The Morgan fingerprint density at radius 1 is 1.12 bits per heavy atom. The van der Waals surface area contributed by atoms with Crippen LogP contribution in [0.1, 0.15) is 0 Å². The Morgan fingerprint density at radius 2 is 1.82 bits per heavy atom. The van der Waals surface area contributed by atoms with Crippen LogP contribution in [0.25, 0.3) is 0 Å². The van der Waals surface area contributed by atoms with Crippen molar-refractivity contribution in [3.05, 3.63) is 41.8 Å². The molecule has 2 rings (SSSR count). The highest BCUT2D eigenvalue weighted by Gasteiger charge is 1.99. The zero-order valence-corrected chi connectivity index (χ0v) is 10.4. The first-order valence-electron chi connectivity index (χ1n) is 5.17. The lowest BCUT2D eigenvalue weighted by Gasteiger charge is -2.13. The molecule has 0 atom stereocenters. The summed E-state index contributed by atoms with van der Waals surface area (Å²) in [5, 5.41) is 3.51. The fourth-order valence-corrected chi connectivity index (χ4v) is 1.54. The second-order valence-corrected chi connectivity index (χ2v) is 4.18. The largest absolute Gasteiger partial charge is 0.378 e. The van der Waals surface area contributed by atoms with Gasteiger partial charge in [-0.05, 0) is 24.3 Å². The van der Waals surface area contributed by atoms with Crippen molar-refractivity contribution in [1.82, 2.24) is 9.97 Å². The van der Waals surface area contributed by atoms with Gasteiger partial charge in [-0.1, -0.05) is 11.6 Å². The van der Waals surface area contributed by atoms with E-state index in [1.807, 2.05) is 43.3 Å². The first-order chi connectivity index (χ1) is 8.15. The Labute approximate surface area is 105 Å². The van der Waals surface area contributed by atoms with Crippen molar-refractivity contribution in [1.29, 1.82) is 0 Å². The van der Waals surface area contributed by atoms with Crippen molar-refractivity contribution in [3.63, 3.8) is 0 Å². The van der Waals surface area contributed by atoms with Crippen LogP contribution < -0.4 is 10.2 Å². The first-order valence-corrected chi connectivity index (χ1v) is 5.55. The maximum atomic E-state index is 5.76. The quantitative estimate of drug-likeness (QED) is 0.907. The van der Waals surface area contributed by atoms with E-state index in [0.29, 0.717) is 11.0 Å². The second-order valence-electron chi connectivity index (χ2n) is 3.79. The highest BCUT2D eigenvalue weighted by Crippen LogP contribution is 2.19. The third-order valence-electron chi connectivity index (χ3n) is 2.26. The summed E-state index contributed by atoms with van der Waals surface area (Å²) in [5.41, 5.74) is 2.10. The summed E-state index contributed by atoms with van der Waals surface area (Å²) in [4.78, 5) is 10.1. The van der Waals surface area contributed by atoms with E-state index in [1.165, 1.54) is 6.20 Å². The van der Waals surface area contributed by atoms with Crippen molar-refractivity contribution in [2.24, 2.45) is 0 Å². The molecule has 0 spiro atoms. The number of hydrogen-bond donors (Lipinski definition) is 1. The van der Waals surface area contributed by atoms with E-state index in [4.69, 9.17) is 11.6 Å². The number of aromatic nitrogens is 2. The van der Waals surface area contributed by atoms with Gasteiger partial charge in [-0.2, -0.15) is 0 Å². The predicted octanol–water partition coefficient (Wildman–Crippen LogP) is 2.94. The van der Waals surface area contributed by atoms with E-state index >= 15 is 0 Å². The lowest BCUT2D eigenvalue weighted by molar-refractivity contribution is 1.13. The minimum absolute atomic E-state index is 0.375. The summed E-state index contributed by atoms with van der Waals surface area (Å²) < 4.78 is 0. The molecule has 88 valence electrons. The molecule has 0 aliphatic carbocycles. The van der Waals surface area contributed by atoms with Gasteiger partial charge in [0.25, 0.3) is 0 Å². The van der Waals surface area contributed by atoms with Gasteiger partial charge in [0.2, 0.25) is 0 Å². The van der Waals surface area contributed by atoms with Crippen molar-refractivity contribution in [2.45, 2.75) is 0 Å². The van der Waals surface area contributed by atoms with Crippen LogP contribution in [0.3, 0.4) is 0 Å². The van der Waals surface area contributed by atoms with Gasteiger partial charge >= 0.3 is 0 Å². The molecular weight excluding hydrogens is 236 g/mol. The van der Waals surface area contributed by atoms with Crippen molar-refractivity contribution in [3.8, 4) is 0 Å². The van der Waals surface area contributed by atoms with Crippen molar-refractivity contribution >= 4 is 28.8 Å². The molecule has 0 saturated heterocycles. The van der Waals surface area contributed by atoms with E-state index in [9.17, 15) is 0 Å². The molecule has 1 N–H and O–H groups in total. The fourth-order valence-electron chi connectivity index (χ4n) is 1.39. The molecule has 5 heteroatoms. The van der Waals surface area contributed by atoms with Crippen molar-refractivity contribution in [2.75, 3.05) is 24.3 Å². The maximum absolute atomic E-state index is 5.76. The summed E-state index contributed by atoms with van der Waals surface area (Å²) in [7, 11) is 4.01. The van der Waals surface area contributed by atoms with Crippen LogP contribution in [0, 0.1) is 0 Å². The van der Waals surface area contributed by atoms with E-state index in [1.54, 1.807) is 6.20 Å². The monoisotopic (exact) mass is 248 g/mol. The van der Waals surface area contributed by atoms with Gasteiger partial charge in [-0.3, -0.25) is 4.98 Å². The summed E-state index contributed by atoms with van der Waals surface area (Å²) in [6.45, 7) is 0. The number of nitrogens with one attached hydrogen (secondary N) is 1. The molecule has 2 aromatic rings. The molecule has 0 radical (unpaired) electrons. The Morgan fingerprint density at radius 3 is 2.41 bits per heavy atom. The highest BCUT2D eigenvalue weighted by atomic mass is 35.5. The lowest BCUT2D eigenvalue weighted by atomic mass is 10.2. The normalized spacial score (nSPS) is 10.1. The van der Waals surface area contributed by atoms with Gasteiger partial charge < -0.3 is 10.2 Å². The number of halogens is 1. The highest BCUT2D eigenvalue weighted by molar-refractivity contribution is 6.29.